The SMILES string of the molecule is COc1ccc(-c2nn(-c3ccccc3)cc2C=CC(=O)Nc2cc(C)ccc2C)cc1OC. The molecule has 0 atom stereocenters. The van der Waals surface area contributed by atoms with Crippen LogP contribution in [0.15, 0.2) is 79.0 Å². The van der Waals surface area contributed by atoms with Crippen LogP contribution in [0.2, 0.25) is 0 Å². The number of aryl methyl sites for hydroxylation is 2. The molecule has 0 aliphatic rings. The molecule has 0 unspecified atom stereocenters. The second-order valence-electron chi connectivity index (χ2n) is 7.92. The van der Waals surface area contributed by atoms with Gasteiger partial charge in [-0.3, -0.25) is 4.79 Å². The number of hydrogen-bond donors (Lipinski definition) is 1. The lowest BCUT2D eigenvalue weighted by Gasteiger charge is -2.09. The van der Waals surface area contributed by atoms with E-state index in [2.05, 4.69) is 5.32 Å². The molecular weight excluding hydrogens is 426 g/mol. The highest BCUT2D eigenvalue weighted by Gasteiger charge is 2.14. The third-order valence-electron chi connectivity index (χ3n) is 5.49. The summed E-state index contributed by atoms with van der Waals surface area (Å²) in [6.45, 7) is 3.97. The number of carbonyl (C=O) groups is 1. The van der Waals surface area contributed by atoms with E-state index in [1.54, 1.807) is 25.0 Å². The Balaban J connectivity index is 1.70. The van der Waals surface area contributed by atoms with Crippen LogP contribution in [-0.2, 0) is 4.79 Å². The number of para-hydroxylation sites is 1. The van der Waals surface area contributed by atoms with Gasteiger partial charge in [0.15, 0.2) is 11.5 Å². The van der Waals surface area contributed by atoms with Gasteiger partial charge < -0.3 is 14.8 Å². The topological polar surface area (TPSA) is 65.4 Å². The van der Waals surface area contributed by atoms with Crippen molar-refractivity contribution in [2.45, 2.75) is 13.8 Å². The van der Waals surface area contributed by atoms with Crippen molar-refractivity contribution in [2.75, 3.05) is 19.5 Å². The molecule has 0 saturated carbocycles. The van der Waals surface area contributed by atoms with Gasteiger partial charge in [-0.25, -0.2) is 4.68 Å². The Bertz CT molecular complexity index is 1340. The average Bonchev–Trinajstić information content (AvgIpc) is 3.29. The first kappa shape index (κ1) is 22.9. The third kappa shape index (κ3) is 5.02. The van der Waals surface area contributed by atoms with Crippen LogP contribution in [0.4, 0.5) is 5.69 Å². The van der Waals surface area contributed by atoms with E-state index in [0.29, 0.717) is 11.5 Å². The van der Waals surface area contributed by atoms with Crippen molar-refractivity contribution in [3.8, 4) is 28.4 Å². The zero-order valence-corrected chi connectivity index (χ0v) is 19.7. The van der Waals surface area contributed by atoms with Crippen LogP contribution >= 0.6 is 0 Å². The smallest absolute Gasteiger partial charge is 0.248 e. The monoisotopic (exact) mass is 453 g/mol. The second kappa shape index (κ2) is 10.1. The van der Waals surface area contributed by atoms with Crippen molar-refractivity contribution >= 4 is 17.7 Å². The molecule has 4 rings (SSSR count). The van der Waals surface area contributed by atoms with Crippen molar-refractivity contribution in [1.29, 1.82) is 0 Å². The molecule has 0 bridgehead atoms. The highest BCUT2D eigenvalue weighted by molar-refractivity contribution is 6.02. The largest absolute Gasteiger partial charge is 0.493 e. The van der Waals surface area contributed by atoms with E-state index >= 15 is 0 Å². The molecule has 0 aliphatic heterocycles. The molecule has 0 spiro atoms. The number of aromatic nitrogens is 2. The van der Waals surface area contributed by atoms with Crippen molar-refractivity contribution in [2.24, 2.45) is 0 Å². The molecule has 1 N–H and O–H groups in total. The van der Waals surface area contributed by atoms with Gasteiger partial charge >= 0.3 is 0 Å². The lowest BCUT2D eigenvalue weighted by molar-refractivity contribution is -0.111. The molecule has 172 valence electrons. The quantitative estimate of drug-likeness (QED) is 0.358. The van der Waals surface area contributed by atoms with Gasteiger partial charge in [-0.05, 0) is 67.4 Å². The Morgan fingerprint density at radius 1 is 0.941 bits per heavy atom. The molecule has 0 saturated heterocycles. The molecule has 1 heterocycles. The summed E-state index contributed by atoms with van der Waals surface area (Å²) in [4.78, 5) is 12.7. The second-order valence-corrected chi connectivity index (χ2v) is 7.92. The van der Waals surface area contributed by atoms with Crippen molar-refractivity contribution in [3.63, 3.8) is 0 Å². The van der Waals surface area contributed by atoms with Crippen molar-refractivity contribution in [1.82, 2.24) is 9.78 Å². The summed E-state index contributed by atoms with van der Waals surface area (Å²) in [5.41, 5.74) is 6.19. The maximum Gasteiger partial charge on any atom is 0.248 e. The van der Waals surface area contributed by atoms with Gasteiger partial charge in [0.25, 0.3) is 0 Å². The molecule has 0 aliphatic carbocycles. The summed E-state index contributed by atoms with van der Waals surface area (Å²) in [5, 5.41) is 7.77. The summed E-state index contributed by atoms with van der Waals surface area (Å²) < 4.78 is 12.6. The molecule has 1 aromatic heterocycles. The number of hydrogen-bond acceptors (Lipinski definition) is 4. The van der Waals surface area contributed by atoms with E-state index in [9.17, 15) is 4.79 Å². The van der Waals surface area contributed by atoms with E-state index in [4.69, 9.17) is 14.6 Å². The predicted molar refractivity (Wildman–Crippen MR) is 136 cm³/mol. The number of methoxy groups -OCH3 is 2. The van der Waals surface area contributed by atoms with Crippen LogP contribution in [0.1, 0.15) is 16.7 Å². The number of nitrogens with zero attached hydrogens (tertiary/aromatic N) is 2. The minimum absolute atomic E-state index is 0.209. The number of amides is 1. The van der Waals surface area contributed by atoms with E-state index in [0.717, 1.165) is 39.3 Å². The van der Waals surface area contributed by atoms with Gasteiger partial charge in [0.2, 0.25) is 5.91 Å². The molecule has 34 heavy (non-hydrogen) atoms. The Labute approximate surface area is 199 Å². The lowest BCUT2D eigenvalue weighted by Crippen LogP contribution is -2.09. The highest BCUT2D eigenvalue weighted by atomic mass is 16.5. The van der Waals surface area contributed by atoms with Crippen LogP contribution in [0.3, 0.4) is 0 Å². The van der Waals surface area contributed by atoms with Gasteiger partial charge in [0.1, 0.15) is 5.69 Å². The van der Waals surface area contributed by atoms with Gasteiger partial charge in [0, 0.05) is 29.1 Å². The lowest BCUT2D eigenvalue weighted by atomic mass is 10.1. The maximum atomic E-state index is 12.7. The normalized spacial score (nSPS) is 10.9. The molecule has 6 heteroatoms. The number of rotatable bonds is 7. The standard InChI is InChI=1S/C28H27N3O3/c1-19-10-11-20(2)24(16-19)29-27(32)15-13-22-18-31(23-8-6-5-7-9-23)30-28(22)21-12-14-25(33-3)26(17-21)34-4/h5-18H,1-4H3,(H,29,32). The first-order chi connectivity index (χ1) is 16.5. The molecule has 1 amide bonds. The van der Waals surface area contributed by atoms with E-state index < -0.39 is 0 Å². The predicted octanol–water partition coefficient (Wildman–Crippen LogP) is 5.83. The van der Waals surface area contributed by atoms with E-state index in [1.807, 2.05) is 86.8 Å². The summed E-state index contributed by atoms with van der Waals surface area (Å²) in [6.07, 6.45) is 5.21. The average molecular weight is 454 g/mol. The minimum Gasteiger partial charge on any atom is -0.493 e. The maximum absolute atomic E-state index is 12.7. The van der Waals surface area contributed by atoms with Gasteiger partial charge in [-0.1, -0.05) is 30.3 Å². The highest BCUT2D eigenvalue weighted by Crippen LogP contribution is 2.33. The fraction of sp³-hybridized carbons (Fsp3) is 0.143. The molecule has 3 aromatic carbocycles. The Morgan fingerprint density at radius 2 is 1.71 bits per heavy atom. The number of anilines is 1. The fourth-order valence-corrected chi connectivity index (χ4v) is 3.64. The zero-order chi connectivity index (χ0) is 24.1. The Morgan fingerprint density at radius 3 is 2.44 bits per heavy atom. The Hall–Kier alpha value is -4.32. The first-order valence-electron chi connectivity index (χ1n) is 10.9. The van der Waals surface area contributed by atoms with E-state index in [-0.39, 0.29) is 5.91 Å². The number of carbonyl (C=O) groups excluding carboxylic acids is 1. The van der Waals surface area contributed by atoms with Crippen LogP contribution in [0.5, 0.6) is 11.5 Å². The molecule has 4 aromatic rings. The number of nitrogens with one attached hydrogen (secondary N) is 1. The Kier molecular flexibility index (Phi) is 6.78. The summed E-state index contributed by atoms with van der Waals surface area (Å²) in [6, 6.07) is 21.5. The zero-order valence-electron chi connectivity index (χ0n) is 19.7. The van der Waals surface area contributed by atoms with Gasteiger partial charge in [0.05, 0.1) is 19.9 Å². The molecule has 0 radical (unpaired) electrons. The van der Waals surface area contributed by atoms with Crippen LogP contribution in [-0.4, -0.2) is 29.9 Å². The van der Waals surface area contributed by atoms with Crippen LogP contribution in [0.25, 0.3) is 23.0 Å². The summed E-state index contributed by atoms with van der Waals surface area (Å²) in [5.74, 6) is 1.04. The summed E-state index contributed by atoms with van der Waals surface area (Å²) in [7, 11) is 3.20. The molecule has 6 nitrogen and oxygen atoms in total. The number of ether oxygens (including phenoxy) is 2. The fourth-order valence-electron chi connectivity index (χ4n) is 3.64. The van der Waals surface area contributed by atoms with Crippen molar-refractivity contribution < 1.29 is 14.3 Å². The first-order valence-corrected chi connectivity index (χ1v) is 10.9. The van der Waals surface area contributed by atoms with E-state index in [1.165, 1.54) is 6.08 Å². The minimum atomic E-state index is -0.209. The van der Waals surface area contributed by atoms with Crippen LogP contribution < -0.4 is 14.8 Å². The van der Waals surface area contributed by atoms with Gasteiger partial charge in [-0.2, -0.15) is 5.10 Å². The number of benzene rings is 3. The molecular formula is C28H27N3O3. The van der Waals surface area contributed by atoms with Crippen LogP contribution in [0, 0.1) is 13.8 Å². The van der Waals surface area contributed by atoms with Crippen molar-refractivity contribution in [3.05, 3.63) is 95.7 Å². The molecule has 0 fully saturated rings. The summed E-state index contributed by atoms with van der Waals surface area (Å²) >= 11 is 0. The van der Waals surface area contributed by atoms with Gasteiger partial charge in [-0.15, -0.1) is 0 Å². The third-order valence-corrected chi connectivity index (χ3v) is 5.49.